The largest absolute Gasteiger partial charge is 0.495 e. The summed E-state index contributed by atoms with van der Waals surface area (Å²) < 4.78 is 12.5. The Hall–Kier alpha value is -3.23. The number of ketones is 1. The second-order valence-electron chi connectivity index (χ2n) is 7.86. The molecule has 0 spiro atoms. The average Bonchev–Trinajstić information content (AvgIpc) is 2.92. The maximum Gasteiger partial charge on any atom is 0.311 e. The van der Waals surface area contributed by atoms with Gasteiger partial charge in [0.25, 0.3) is 0 Å². The number of pyridine rings is 1. The molecule has 1 fully saturated rings. The van der Waals surface area contributed by atoms with E-state index < -0.39 is 34.8 Å². The van der Waals surface area contributed by atoms with Gasteiger partial charge in [-0.1, -0.05) is 58.4 Å². The van der Waals surface area contributed by atoms with Gasteiger partial charge in [-0.2, -0.15) is 0 Å². The first kappa shape index (κ1) is 20.7. The van der Waals surface area contributed by atoms with Gasteiger partial charge >= 0.3 is 5.97 Å². The number of methoxy groups -OCH3 is 1. The van der Waals surface area contributed by atoms with Gasteiger partial charge in [0.15, 0.2) is 5.60 Å². The Kier molecular flexibility index (Phi) is 4.61. The highest BCUT2D eigenvalue weighted by molar-refractivity contribution is 9.10. The molecule has 5 rings (SSSR count). The number of hydrogen-bond acceptors (Lipinski definition) is 6. The first-order valence-electron chi connectivity index (χ1n) is 9.88. The van der Waals surface area contributed by atoms with E-state index in [1.54, 1.807) is 54.6 Å². The van der Waals surface area contributed by atoms with Crippen molar-refractivity contribution in [3.63, 3.8) is 0 Å². The lowest BCUT2D eigenvalue weighted by Gasteiger charge is -2.39. The number of carboxylic acids is 1. The molecule has 32 heavy (non-hydrogen) atoms. The molecule has 0 saturated heterocycles. The van der Waals surface area contributed by atoms with Crippen molar-refractivity contribution in [2.75, 3.05) is 7.11 Å². The van der Waals surface area contributed by atoms with Crippen LogP contribution in [0.25, 0.3) is 0 Å². The molecule has 7 nitrogen and oxygen atoms in total. The van der Waals surface area contributed by atoms with Crippen LogP contribution in [0, 0.1) is 5.92 Å². The predicted octanol–water partition coefficient (Wildman–Crippen LogP) is 3.40. The number of rotatable bonds is 4. The molecule has 2 N–H and O–H groups in total. The highest BCUT2D eigenvalue weighted by atomic mass is 79.9. The van der Waals surface area contributed by atoms with Gasteiger partial charge in [-0.25, -0.2) is 0 Å². The quantitative estimate of drug-likeness (QED) is 0.571. The van der Waals surface area contributed by atoms with Crippen LogP contribution in [-0.4, -0.2) is 34.1 Å². The summed E-state index contributed by atoms with van der Waals surface area (Å²) in [4.78, 5) is 30.9. The number of nitrogens with zero attached hydrogens (tertiary/aromatic N) is 1. The number of aliphatic carboxylic acids is 1. The second-order valence-corrected chi connectivity index (χ2v) is 8.77. The van der Waals surface area contributed by atoms with E-state index in [1.807, 2.05) is 0 Å². The minimum atomic E-state index is -2.39. The van der Waals surface area contributed by atoms with Crippen molar-refractivity contribution >= 4 is 27.7 Å². The minimum Gasteiger partial charge on any atom is -0.495 e. The number of fused-ring (bicyclic) bond motifs is 4. The molecule has 1 aliphatic carbocycles. The van der Waals surface area contributed by atoms with Crippen LogP contribution in [0.5, 0.6) is 11.5 Å². The van der Waals surface area contributed by atoms with E-state index in [4.69, 9.17) is 9.47 Å². The fourth-order valence-corrected chi connectivity index (χ4v) is 5.36. The molecule has 2 aliphatic rings. The van der Waals surface area contributed by atoms with Crippen molar-refractivity contribution in [2.45, 2.75) is 17.1 Å². The molecule has 162 valence electrons. The molecule has 0 amide bonds. The fraction of sp³-hybridized carbons (Fsp3) is 0.208. The molecule has 1 aromatic heterocycles. The molecule has 0 radical (unpaired) electrons. The first-order chi connectivity index (χ1) is 15.4. The van der Waals surface area contributed by atoms with Gasteiger partial charge in [-0.3, -0.25) is 14.6 Å². The van der Waals surface area contributed by atoms with Crippen molar-refractivity contribution in [3.05, 3.63) is 88.2 Å². The molecule has 3 aromatic rings. The minimum absolute atomic E-state index is 0.0152. The Morgan fingerprint density at radius 1 is 1.12 bits per heavy atom. The third-order valence-corrected chi connectivity index (χ3v) is 6.88. The van der Waals surface area contributed by atoms with Crippen molar-refractivity contribution in [3.8, 4) is 11.5 Å². The van der Waals surface area contributed by atoms with Gasteiger partial charge in [0.1, 0.15) is 17.4 Å². The smallest absolute Gasteiger partial charge is 0.311 e. The van der Waals surface area contributed by atoms with Gasteiger partial charge in [0.2, 0.25) is 11.4 Å². The molecule has 2 heterocycles. The number of carboxylic acid groups (broad SMARTS) is 1. The number of aliphatic hydroxyl groups is 1. The number of ether oxygens (including phenoxy) is 2. The van der Waals surface area contributed by atoms with Crippen LogP contribution in [0.4, 0.5) is 0 Å². The van der Waals surface area contributed by atoms with Crippen LogP contribution in [-0.2, 0) is 20.8 Å². The summed E-state index contributed by atoms with van der Waals surface area (Å²) in [7, 11) is 1.36. The van der Waals surface area contributed by atoms with E-state index in [9.17, 15) is 19.8 Å². The highest BCUT2D eigenvalue weighted by Gasteiger charge is 2.76. The van der Waals surface area contributed by atoms with E-state index in [-0.39, 0.29) is 17.1 Å². The van der Waals surface area contributed by atoms with Crippen molar-refractivity contribution < 1.29 is 29.3 Å². The molecule has 8 heteroatoms. The lowest BCUT2D eigenvalue weighted by molar-refractivity contribution is -0.161. The van der Waals surface area contributed by atoms with Gasteiger partial charge < -0.3 is 19.7 Å². The summed E-state index contributed by atoms with van der Waals surface area (Å²) in [6.45, 7) is 0. The fourth-order valence-electron chi connectivity index (χ4n) is 5.10. The Morgan fingerprint density at radius 3 is 2.44 bits per heavy atom. The third kappa shape index (κ3) is 2.53. The maximum atomic E-state index is 14.1. The SMILES string of the molecule is COc1cncc2c1C1(O)C(=O)[C@@](c3ccc(Br)cc3)(O2)[C@@H](c2ccccc2)[C@H]1C(=O)O. The highest BCUT2D eigenvalue weighted by Crippen LogP contribution is 2.65. The normalized spacial score (nSPS) is 28.0. The maximum absolute atomic E-state index is 14.1. The molecule has 1 unspecified atom stereocenters. The van der Waals surface area contributed by atoms with E-state index >= 15 is 0 Å². The van der Waals surface area contributed by atoms with E-state index in [2.05, 4.69) is 20.9 Å². The second kappa shape index (κ2) is 7.15. The average molecular weight is 496 g/mol. The van der Waals surface area contributed by atoms with Crippen molar-refractivity contribution in [1.29, 1.82) is 0 Å². The predicted molar refractivity (Wildman–Crippen MR) is 116 cm³/mol. The topological polar surface area (TPSA) is 106 Å². The number of benzene rings is 2. The lowest BCUT2D eigenvalue weighted by atomic mass is 9.75. The molecular weight excluding hydrogens is 478 g/mol. The van der Waals surface area contributed by atoms with Gasteiger partial charge in [0.05, 0.1) is 31.0 Å². The molecule has 1 aliphatic heterocycles. The number of aromatic nitrogens is 1. The number of carbonyl (C=O) groups is 2. The van der Waals surface area contributed by atoms with Gasteiger partial charge in [0, 0.05) is 10.0 Å². The number of halogens is 1. The van der Waals surface area contributed by atoms with Crippen LogP contribution in [0.3, 0.4) is 0 Å². The summed E-state index contributed by atoms with van der Waals surface area (Å²) in [5.74, 6) is -4.41. The first-order valence-corrected chi connectivity index (χ1v) is 10.7. The summed E-state index contributed by atoms with van der Waals surface area (Å²) in [5.41, 5.74) is -3.18. The zero-order chi connectivity index (χ0) is 22.7. The number of hydrogen-bond donors (Lipinski definition) is 2. The lowest BCUT2D eigenvalue weighted by Crippen LogP contribution is -2.51. The zero-order valence-corrected chi connectivity index (χ0v) is 18.4. The standard InChI is InChI=1S/C24H18BrNO6/c1-31-16-11-26-12-17-19(16)23(30)20(21(27)28)18(13-5-3-2-4-6-13)24(32-17,22(23)29)14-7-9-15(25)10-8-14/h2-12,18,20,30H,1H3,(H,27,28)/t18-,20-,23?,24-/m0/s1. The van der Waals surface area contributed by atoms with E-state index in [0.29, 0.717) is 11.1 Å². The molecular formula is C24H18BrNO6. The Bertz CT molecular complexity index is 1230. The monoisotopic (exact) mass is 495 g/mol. The van der Waals surface area contributed by atoms with Gasteiger partial charge in [-0.15, -0.1) is 0 Å². The van der Waals surface area contributed by atoms with Crippen LogP contribution in [0.15, 0.2) is 71.5 Å². The Labute approximate surface area is 191 Å². The summed E-state index contributed by atoms with van der Waals surface area (Å²) in [6, 6.07) is 15.7. The zero-order valence-electron chi connectivity index (χ0n) is 16.9. The third-order valence-electron chi connectivity index (χ3n) is 6.35. The molecule has 4 atom stereocenters. The van der Waals surface area contributed by atoms with E-state index in [1.165, 1.54) is 19.5 Å². The van der Waals surface area contributed by atoms with Crippen LogP contribution < -0.4 is 9.47 Å². The van der Waals surface area contributed by atoms with Crippen molar-refractivity contribution in [2.24, 2.45) is 5.92 Å². The van der Waals surface area contributed by atoms with Gasteiger partial charge in [-0.05, 0) is 17.7 Å². The van der Waals surface area contributed by atoms with E-state index in [0.717, 1.165) is 4.47 Å². The van der Waals surface area contributed by atoms with Crippen LogP contribution in [0.2, 0.25) is 0 Å². The Balaban J connectivity index is 1.90. The molecule has 2 bridgehead atoms. The summed E-state index contributed by atoms with van der Waals surface area (Å²) in [6.07, 6.45) is 2.70. The molecule has 1 saturated carbocycles. The number of Topliss-reactive ketones (excluding diaryl/α,β-unsaturated/α-hetero) is 1. The summed E-state index contributed by atoms with van der Waals surface area (Å²) >= 11 is 3.39. The number of carbonyl (C=O) groups excluding carboxylic acids is 1. The summed E-state index contributed by atoms with van der Waals surface area (Å²) in [5, 5.41) is 22.3. The Morgan fingerprint density at radius 2 is 1.81 bits per heavy atom. The van der Waals surface area contributed by atoms with Crippen LogP contribution in [0.1, 0.15) is 22.6 Å². The van der Waals surface area contributed by atoms with Crippen molar-refractivity contribution in [1.82, 2.24) is 4.98 Å². The van der Waals surface area contributed by atoms with Crippen LogP contribution >= 0.6 is 15.9 Å². The molecule has 2 aromatic carbocycles.